The minimum Gasteiger partial charge on any atom is -0.486 e. The molecule has 0 spiro atoms. The third-order valence-corrected chi connectivity index (χ3v) is 6.54. The molecule has 0 bridgehead atoms. The number of quaternary nitrogens is 1. The van der Waals surface area contributed by atoms with E-state index in [4.69, 9.17) is 25.5 Å². The molecule has 5 rings (SSSR count). The first-order valence-corrected chi connectivity index (χ1v) is 12.1. The Labute approximate surface area is 213 Å². The second kappa shape index (κ2) is 10.4. The molecule has 1 aliphatic rings. The second-order valence-electron chi connectivity index (χ2n) is 8.72. The molecule has 2 aromatic heterocycles. The van der Waals surface area contributed by atoms with Crippen molar-refractivity contribution in [3.8, 4) is 17.2 Å². The van der Waals surface area contributed by atoms with E-state index in [2.05, 4.69) is 27.6 Å². The SMILES string of the molecule is CNC(=O)c1cc(Oc2ccc3oc(Nc4ccc(Cl)c(OC[C@@H]5CCC[NH+]5C)c4)nc3c2)ccn1. The van der Waals surface area contributed by atoms with E-state index in [9.17, 15) is 4.79 Å². The number of nitrogens with one attached hydrogen (secondary N) is 3. The first-order chi connectivity index (χ1) is 17.5. The van der Waals surface area contributed by atoms with Crippen molar-refractivity contribution in [1.29, 1.82) is 0 Å². The monoisotopic (exact) mass is 508 g/mol. The zero-order chi connectivity index (χ0) is 25.1. The van der Waals surface area contributed by atoms with E-state index in [1.807, 2.05) is 12.1 Å². The topological polar surface area (TPSA) is 103 Å². The maximum atomic E-state index is 11.8. The van der Waals surface area contributed by atoms with Gasteiger partial charge in [-0.05, 0) is 30.3 Å². The van der Waals surface area contributed by atoms with Crippen LogP contribution in [0.3, 0.4) is 0 Å². The highest BCUT2D eigenvalue weighted by molar-refractivity contribution is 6.32. The number of likely N-dealkylation sites (N-methyl/N-ethyl adjacent to an activating group) is 1. The summed E-state index contributed by atoms with van der Waals surface area (Å²) in [6.45, 7) is 1.80. The van der Waals surface area contributed by atoms with E-state index in [0.717, 1.165) is 12.1 Å². The lowest BCUT2D eigenvalue weighted by atomic mass is 10.2. The molecular weight excluding hydrogens is 482 g/mol. The van der Waals surface area contributed by atoms with Crippen LogP contribution < -0.4 is 25.0 Å². The summed E-state index contributed by atoms with van der Waals surface area (Å²) in [5, 5.41) is 6.28. The number of fused-ring (bicyclic) bond motifs is 1. The Morgan fingerprint density at radius 2 is 2.06 bits per heavy atom. The highest BCUT2D eigenvalue weighted by Gasteiger charge is 2.25. The number of hydrogen-bond donors (Lipinski definition) is 3. The number of halogens is 1. The molecule has 3 N–H and O–H groups in total. The van der Waals surface area contributed by atoms with Crippen molar-refractivity contribution in [3.63, 3.8) is 0 Å². The Kier molecular flexibility index (Phi) is 6.92. The Bertz CT molecular complexity index is 1390. The van der Waals surface area contributed by atoms with Crippen LogP contribution in [0.25, 0.3) is 11.1 Å². The van der Waals surface area contributed by atoms with Crippen LogP contribution in [0.2, 0.25) is 5.02 Å². The smallest absolute Gasteiger partial charge is 0.300 e. The summed E-state index contributed by atoms with van der Waals surface area (Å²) in [5.41, 5.74) is 2.24. The average molecular weight is 509 g/mol. The summed E-state index contributed by atoms with van der Waals surface area (Å²) in [5.74, 6) is 1.38. The van der Waals surface area contributed by atoms with Crippen LogP contribution in [-0.4, -0.2) is 49.2 Å². The van der Waals surface area contributed by atoms with Crippen molar-refractivity contribution < 1.29 is 23.6 Å². The standard InChI is InChI=1S/C26H26ClN5O4/c1-28-25(33)22-14-19(9-10-29-22)35-18-6-8-23-21(13-18)31-26(36-23)30-16-5-7-20(27)24(12-16)34-15-17-4-3-11-32(17)2/h5-10,12-14,17H,3-4,11,15H2,1-2H3,(H,28,33)(H,30,31)/p+1/t17-/m0/s1. The van der Waals surface area contributed by atoms with Crippen molar-refractivity contribution in [2.45, 2.75) is 18.9 Å². The number of carbonyl (C=O) groups excluding carboxylic acids is 1. The number of carbonyl (C=O) groups is 1. The Balaban J connectivity index is 1.28. The number of ether oxygens (including phenoxy) is 2. The zero-order valence-corrected chi connectivity index (χ0v) is 20.8. The summed E-state index contributed by atoms with van der Waals surface area (Å²) in [6.07, 6.45) is 3.90. The first-order valence-electron chi connectivity index (χ1n) is 11.8. The summed E-state index contributed by atoms with van der Waals surface area (Å²) >= 11 is 6.37. The lowest BCUT2D eigenvalue weighted by Crippen LogP contribution is -3.11. The van der Waals surface area contributed by atoms with E-state index in [-0.39, 0.29) is 11.6 Å². The lowest BCUT2D eigenvalue weighted by molar-refractivity contribution is -0.892. The molecule has 9 nitrogen and oxygen atoms in total. The molecule has 1 aliphatic heterocycles. The normalized spacial score (nSPS) is 17.2. The van der Waals surface area contributed by atoms with Gasteiger partial charge in [-0.15, -0.1) is 0 Å². The van der Waals surface area contributed by atoms with Crippen molar-refractivity contribution in [2.75, 3.05) is 32.6 Å². The molecule has 2 atom stereocenters. The van der Waals surface area contributed by atoms with Gasteiger partial charge in [0.05, 0.1) is 18.6 Å². The Hall–Kier alpha value is -3.82. The maximum absolute atomic E-state index is 11.8. The van der Waals surface area contributed by atoms with Crippen LogP contribution in [0.4, 0.5) is 11.7 Å². The van der Waals surface area contributed by atoms with Gasteiger partial charge in [0.25, 0.3) is 11.9 Å². The number of benzene rings is 2. The van der Waals surface area contributed by atoms with Gasteiger partial charge in [0.1, 0.15) is 41.1 Å². The molecule has 4 aromatic rings. The molecular formula is C26H27ClN5O4+. The zero-order valence-electron chi connectivity index (χ0n) is 20.0. The molecule has 1 amide bonds. The summed E-state index contributed by atoms with van der Waals surface area (Å²) in [6, 6.07) is 14.9. The summed E-state index contributed by atoms with van der Waals surface area (Å²) in [7, 11) is 3.75. The third-order valence-electron chi connectivity index (χ3n) is 6.23. The minimum atomic E-state index is -0.286. The lowest BCUT2D eigenvalue weighted by Gasteiger charge is -2.18. The van der Waals surface area contributed by atoms with Crippen LogP contribution in [-0.2, 0) is 0 Å². The first kappa shape index (κ1) is 23.9. The van der Waals surface area contributed by atoms with Crippen molar-refractivity contribution in [1.82, 2.24) is 15.3 Å². The van der Waals surface area contributed by atoms with E-state index in [1.165, 1.54) is 24.1 Å². The number of rotatable bonds is 8. The van der Waals surface area contributed by atoms with Crippen LogP contribution in [0, 0.1) is 0 Å². The van der Waals surface area contributed by atoms with Crippen LogP contribution in [0.5, 0.6) is 17.2 Å². The molecule has 1 unspecified atom stereocenters. The predicted octanol–water partition coefficient (Wildman–Crippen LogP) is 3.83. The molecule has 10 heteroatoms. The largest absolute Gasteiger partial charge is 0.486 e. The molecule has 0 aliphatic carbocycles. The number of likely N-dealkylation sites (tertiary alicyclic amines) is 1. The van der Waals surface area contributed by atoms with Crippen LogP contribution in [0.1, 0.15) is 23.3 Å². The molecule has 186 valence electrons. The third kappa shape index (κ3) is 5.37. The quantitative estimate of drug-likeness (QED) is 0.332. The van der Waals surface area contributed by atoms with Gasteiger partial charge in [-0.3, -0.25) is 9.78 Å². The fraction of sp³-hybridized carbons (Fsp3) is 0.269. The van der Waals surface area contributed by atoms with Crippen molar-refractivity contribution in [2.24, 2.45) is 0 Å². The summed E-state index contributed by atoms with van der Waals surface area (Å²) < 4.78 is 17.8. The Morgan fingerprint density at radius 3 is 2.86 bits per heavy atom. The van der Waals surface area contributed by atoms with Crippen molar-refractivity contribution >= 4 is 40.3 Å². The average Bonchev–Trinajstić information content (AvgIpc) is 3.48. The van der Waals surface area contributed by atoms with Gasteiger partial charge in [0, 0.05) is 50.0 Å². The second-order valence-corrected chi connectivity index (χ2v) is 9.13. The van der Waals surface area contributed by atoms with Crippen LogP contribution >= 0.6 is 11.6 Å². The van der Waals surface area contributed by atoms with Gasteiger partial charge in [0.2, 0.25) is 0 Å². The van der Waals surface area contributed by atoms with Crippen molar-refractivity contribution in [3.05, 3.63) is 65.4 Å². The molecule has 0 radical (unpaired) electrons. The molecule has 2 aromatic carbocycles. The van der Waals surface area contributed by atoms with Gasteiger partial charge in [0.15, 0.2) is 5.58 Å². The number of hydrogen-bond acceptors (Lipinski definition) is 7. The molecule has 3 heterocycles. The molecule has 1 fully saturated rings. The summed E-state index contributed by atoms with van der Waals surface area (Å²) in [4.78, 5) is 21.9. The van der Waals surface area contributed by atoms with E-state index in [1.54, 1.807) is 43.4 Å². The van der Waals surface area contributed by atoms with Gasteiger partial charge in [-0.25, -0.2) is 0 Å². The van der Waals surface area contributed by atoms with E-state index in [0.29, 0.717) is 52.0 Å². The highest BCUT2D eigenvalue weighted by atomic mass is 35.5. The number of oxazole rings is 1. The van der Waals surface area contributed by atoms with Gasteiger partial charge >= 0.3 is 0 Å². The number of anilines is 2. The predicted molar refractivity (Wildman–Crippen MR) is 137 cm³/mol. The van der Waals surface area contributed by atoms with E-state index >= 15 is 0 Å². The highest BCUT2D eigenvalue weighted by Crippen LogP contribution is 2.32. The Morgan fingerprint density at radius 1 is 1.19 bits per heavy atom. The van der Waals surface area contributed by atoms with E-state index < -0.39 is 0 Å². The number of nitrogens with zero attached hydrogens (tertiary/aromatic N) is 2. The van der Waals surface area contributed by atoms with Gasteiger partial charge < -0.3 is 29.4 Å². The number of pyridine rings is 1. The van der Waals surface area contributed by atoms with Crippen LogP contribution in [0.15, 0.2) is 59.1 Å². The minimum absolute atomic E-state index is 0.270. The molecule has 36 heavy (non-hydrogen) atoms. The fourth-order valence-electron chi connectivity index (χ4n) is 4.20. The van der Waals surface area contributed by atoms with Gasteiger partial charge in [-0.2, -0.15) is 4.98 Å². The number of aromatic nitrogens is 2. The molecule has 1 saturated heterocycles. The fourth-order valence-corrected chi connectivity index (χ4v) is 4.37. The molecule has 0 saturated carbocycles. The number of amides is 1. The van der Waals surface area contributed by atoms with Gasteiger partial charge in [-0.1, -0.05) is 11.6 Å². The maximum Gasteiger partial charge on any atom is 0.300 e.